The summed E-state index contributed by atoms with van der Waals surface area (Å²) >= 11 is 0. The van der Waals surface area contributed by atoms with Gasteiger partial charge in [-0.25, -0.2) is 8.42 Å². The molecule has 0 saturated heterocycles. The molecule has 0 radical (unpaired) electrons. The minimum atomic E-state index is -3.33. The number of amides is 1. The SMILES string of the molecule is CO[C@@H]1CN(C(=O)CS(C)(=O)=O)Cc2ccnn2C1. The molecule has 1 aromatic rings. The van der Waals surface area contributed by atoms with Gasteiger partial charge in [0.1, 0.15) is 5.75 Å². The van der Waals surface area contributed by atoms with Gasteiger partial charge in [-0.05, 0) is 6.07 Å². The first-order valence-corrected chi connectivity index (χ1v) is 7.94. The summed E-state index contributed by atoms with van der Waals surface area (Å²) in [5, 5.41) is 4.16. The highest BCUT2D eigenvalue weighted by molar-refractivity contribution is 7.91. The number of sulfone groups is 1. The van der Waals surface area contributed by atoms with E-state index in [1.807, 2.05) is 6.07 Å². The Bertz CT molecular complexity index is 566. The van der Waals surface area contributed by atoms with E-state index in [9.17, 15) is 13.2 Å². The molecule has 2 heterocycles. The van der Waals surface area contributed by atoms with Crippen LogP contribution in [0, 0.1) is 0 Å². The van der Waals surface area contributed by atoms with Crippen molar-refractivity contribution in [2.24, 2.45) is 0 Å². The number of carbonyl (C=O) groups is 1. The van der Waals surface area contributed by atoms with Gasteiger partial charge in [0.2, 0.25) is 5.91 Å². The lowest BCUT2D eigenvalue weighted by atomic mass is 10.3. The number of hydrogen-bond acceptors (Lipinski definition) is 5. The number of ether oxygens (including phenoxy) is 1. The Labute approximate surface area is 112 Å². The first-order valence-electron chi connectivity index (χ1n) is 5.88. The van der Waals surface area contributed by atoms with Crippen LogP contribution in [0.15, 0.2) is 12.3 Å². The molecule has 0 spiro atoms. The largest absolute Gasteiger partial charge is 0.378 e. The highest BCUT2D eigenvalue weighted by atomic mass is 32.2. The van der Waals surface area contributed by atoms with E-state index < -0.39 is 21.5 Å². The Morgan fingerprint density at radius 1 is 1.53 bits per heavy atom. The molecule has 1 amide bonds. The van der Waals surface area contributed by atoms with E-state index in [4.69, 9.17) is 4.74 Å². The minimum absolute atomic E-state index is 0.190. The maximum atomic E-state index is 12.0. The number of nitrogens with zero attached hydrogens (tertiary/aromatic N) is 3. The quantitative estimate of drug-likeness (QED) is 0.733. The second kappa shape index (κ2) is 5.30. The molecule has 19 heavy (non-hydrogen) atoms. The molecule has 106 valence electrons. The fourth-order valence-electron chi connectivity index (χ4n) is 2.07. The lowest BCUT2D eigenvalue weighted by Crippen LogP contribution is -2.39. The summed E-state index contributed by atoms with van der Waals surface area (Å²) < 4.78 is 29.5. The smallest absolute Gasteiger partial charge is 0.238 e. The molecule has 0 fully saturated rings. The van der Waals surface area contributed by atoms with Crippen LogP contribution in [0.25, 0.3) is 0 Å². The van der Waals surface area contributed by atoms with Crippen LogP contribution in [0.2, 0.25) is 0 Å². The summed E-state index contributed by atoms with van der Waals surface area (Å²) in [5.74, 6) is -0.878. The molecule has 8 heteroatoms. The molecule has 0 aromatic carbocycles. The minimum Gasteiger partial charge on any atom is -0.378 e. The molecular formula is C11H17N3O4S. The lowest BCUT2D eigenvalue weighted by Gasteiger charge is -2.23. The zero-order valence-electron chi connectivity index (χ0n) is 10.9. The zero-order valence-corrected chi connectivity index (χ0v) is 11.8. The summed E-state index contributed by atoms with van der Waals surface area (Å²) in [6.07, 6.45) is 2.53. The third-order valence-electron chi connectivity index (χ3n) is 3.03. The summed E-state index contributed by atoms with van der Waals surface area (Å²) in [5.41, 5.74) is 0.876. The van der Waals surface area contributed by atoms with Gasteiger partial charge in [-0.2, -0.15) is 5.10 Å². The van der Waals surface area contributed by atoms with Gasteiger partial charge in [0.25, 0.3) is 0 Å². The maximum Gasteiger partial charge on any atom is 0.238 e. The van der Waals surface area contributed by atoms with Gasteiger partial charge < -0.3 is 9.64 Å². The molecule has 1 atom stereocenters. The number of methoxy groups -OCH3 is 1. The average molecular weight is 287 g/mol. The number of hydrogen-bond donors (Lipinski definition) is 0. The van der Waals surface area contributed by atoms with Crippen LogP contribution < -0.4 is 0 Å². The topological polar surface area (TPSA) is 81.5 Å². The third kappa shape index (κ3) is 3.54. The maximum absolute atomic E-state index is 12.0. The number of rotatable bonds is 3. The second-order valence-electron chi connectivity index (χ2n) is 4.71. The predicted molar refractivity (Wildman–Crippen MR) is 68.2 cm³/mol. The van der Waals surface area contributed by atoms with Gasteiger partial charge in [-0.3, -0.25) is 9.48 Å². The highest BCUT2D eigenvalue weighted by Crippen LogP contribution is 2.13. The van der Waals surface area contributed by atoms with E-state index in [1.165, 1.54) is 4.90 Å². The van der Waals surface area contributed by atoms with Crippen molar-refractivity contribution in [1.82, 2.24) is 14.7 Å². The van der Waals surface area contributed by atoms with Crippen molar-refractivity contribution in [3.63, 3.8) is 0 Å². The van der Waals surface area contributed by atoms with Crippen LogP contribution in [0.1, 0.15) is 5.69 Å². The molecule has 0 aliphatic carbocycles. The normalized spacial score (nSPS) is 19.9. The van der Waals surface area contributed by atoms with Crippen molar-refractivity contribution < 1.29 is 17.9 Å². The van der Waals surface area contributed by atoms with Gasteiger partial charge >= 0.3 is 0 Å². The second-order valence-corrected chi connectivity index (χ2v) is 6.85. The molecule has 2 rings (SSSR count). The van der Waals surface area contributed by atoms with E-state index in [0.717, 1.165) is 11.9 Å². The van der Waals surface area contributed by atoms with Gasteiger partial charge in [0, 0.05) is 26.1 Å². The van der Waals surface area contributed by atoms with E-state index in [-0.39, 0.29) is 6.10 Å². The zero-order chi connectivity index (χ0) is 14.0. The molecule has 7 nitrogen and oxygen atoms in total. The van der Waals surface area contributed by atoms with Crippen LogP contribution in [0.5, 0.6) is 0 Å². The van der Waals surface area contributed by atoms with Crippen molar-refractivity contribution in [2.45, 2.75) is 19.2 Å². The number of aromatic nitrogens is 2. The van der Waals surface area contributed by atoms with E-state index in [1.54, 1.807) is 18.0 Å². The van der Waals surface area contributed by atoms with Crippen LogP contribution >= 0.6 is 0 Å². The van der Waals surface area contributed by atoms with Crippen molar-refractivity contribution >= 4 is 15.7 Å². The summed E-state index contributed by atoms with van der Waals surface area (Å²) in [4.78, 5) is 13.5. The van der Waals surface area contributed by atoms with E-state index in [0.29, 0.717) is 19.6 Å². The first kappa shape index (κ1) is 14.0. The molecule has 0 unspecified atom stereocenters. The monoisotopic (exact) mass is 287 g/mol. The highest BCUT2D eigenvalue weighted by Gasteiger charge is 2.26. The first-order chi connectivity index (χ1) is 8.89. The van der Waals surface area contributed by atoms with Crippen molar-refractivity contribution in [3.8, 4) is 0 Å². The van der Waals surface area contributed by atoms with Crippen molar-refractivity contribution in [3.05, 3.63) is 18.0 Å². The molecule has 1 aliphatic heterocycles. The summed E-state index contributed by atoms with van der Waals surface area (Å²) in [6.45, 7) is 1.28. The fraction of sp³-hybridized carbons (Fsp3) is 0.636. The van der Waals surface area contributed by atoms with Crippen LogP contribution in [-0.4, -0.2) is 60.8 Å². The molecule has 0 N–H and O–H groups in total. The number of carbonyl (C=O) groups excluding carboxylic acids is 1. The lowest BCUT2D eigenvalue weighted by molar-refractivity contribution is -0.130. The Balaban J connectivity index is 2.19. The molecule has 1 aliphatic rings. The number of fused-ring (bicyclic) bond motifs is 1. The van der Waals surface area contributed by atoms with E-state index >= 15 is 0 Å². The molecular weight excluding hydrogens is 270 g/mol. The third-order valence-corrected chi connectivity index (χ3v) is 3.80. The molecule has 1 aromatic heterocycles. The van der Waals surface area contributed by atoms with Gasteiger partial charge in [-0.1, -0.05) is 0 Å². The molecule has 0 bridgehead atoms. The average Bonchev–Trinajstić information content (AvgIpc) is 2.64. The Kier molecular flexibility index (Phi) is 3.91. The Morgan fingerprint density at radius 3 is 2.89 bits per heavy atom. The Morgan fingerprint density at radius 2 is 2.26 bits per heavy atom. The van der Waals surface area contributed by atoms with Crippen molar-refractivity contribution in [2.75, 3.05) is 25.7 Å². The summed E-state index contributed by atoms with van der Waals surface area (Å²) in [6, 6.07) is 1.82. The van der Waals surface area contributed by atoms with Gasteiger partial charge in [0.05, 0.1) is 24.9 Å². The fourth-order valence-corrected chi connectivity index (χ4v) is 2.70. The van der Waals surface area contributed by atoms with Crippen LogP contribution in [0.4, 0.5) is 0 Å². The van der Waals surface area contributed by atoms with E-state index in [2.05, 4.69) is 5.10 Å². The van der Waals surface area contributed by atoms with Gasteiger partial charge in [-0.15, -0.1) is 0 Å². The standard InChI is InChI=1S/C11H17N3O4S/c1-18-10-6-13(11(15)8-19(2,16)17)5-9-3-4-12-14(9)7-10/h3-4,10H,5-8H2,1-2H3/t10-/m1/s1. The Hall–Kier alpha value is -1.41. The van der Waals surface area contributed by atoms with Gasteiger partial charge in [0.15, 0.2) is 9.84 Å². The van der Waals surface area contributed by atoms with Crippen LogP contribution in [-0.2, 0) is 32.5 Å². The molecule has 0 saturated carbocycles. The van der Waals surface area contributed by atoms with Crippen molar-refractivity contribution in [1.29, 1.82) is 0 Å². The predicted octanol–water partition coefficient (Wildman–Crippen LogP) is -0.715. The van der Waals surface area contributed by atoms with Crippen LogP contribution in [0.3, 0.4) is 0 Å². The summed E-state index contributed by atoms with van der Waals surface area (Å²) in [7, 11) is -1.76.